The molecule has 1 aliphatic heterocycles. The maximum atomic E-state index is 13.2. The van der Waals surface area contributed by atoms with Crippen molar-refractivity contribution in [3.05, 3.63) is 76.9 Å². The van der Waals surface area contributed by atoms with Crippen molar-refractivity contribution in [1.29, 1.82) is 0 Å². The molecule has 1 saturated heterocycles. The van der Waals surface area contributed by atoms with E-state index >= 15 is 0 Å². The van der Waals surface area contributed by atoms with Crippen molar-refractivity contribution in [3.63, 3.8) is 0 Å². The first kappa shape index (κ1) is 20.9. The van der Waals surface area contributed by atoms with Gasteiger partial charge in [0.25, 0.3) is 5.91 Å². The molecule has 0 radical (unpaired) electrons. The highest BCUT2D eigenvalue weighted by Crippen LogP contribution is 2.23. The van der Waals surface area contributed by atoms with E-state index in [1.165, 1.54) is 0 Å². The lowest BCUT2D eigenvalue weighted by molar-refractivity contribution is 0.0741. The van der Waals surface area contributed by atoms with Crippen molar-refractivity contribution in [2.45, 2.75) is 6.61 Å². The van der Waals surface area contributed by atoms with Crippen LogP contribution in [0.25, 0.3) is 0 Å². The van der Waals surface area contributed by atoms with Crippen molar-refractivity contribution in [3.8, 4) is 11.6 Å². The lowest BCUT2D eigenvalue weighted by Crippen LogP contribution is -2.49. The van der Waals surface area contributed by atoms with Crippen LogP contribution in [0.3, 0.4) is 0 Å². The fraction of sp³-hybridized carbons (Fsp3) is 0.261. The van der Waals surface area contributed by atoms with Crippen LogP contribution in [0.2, 0.25) is 5.02 Å². The fourth-order valence-corrected chi connectivity index (χ4v) is 3.52. The summed E-state index contributed by atoms with van der Waals surface area (Å²) >= 11 is 5.94. The first-order valence-corrected chi connectivity index (χ1v) is 10.4. The molecule has 1 fully saturated rings. The summed E-state index contributed by atoms with van der Waals surface area (Å²) in [5.74, 6) is 1.66. The van der Waals surface area contributed by atoms with Crippen LogP contribution < -0.4 is 14.4 Å². The fourth-order valence-electron chi connectivity index (χ4n) is 3.39. The van der Waals surface area contributed by atoms with Crippen LogP contribution in [0, 0.1) is 0 Å². The summed E-state index contributed by atoms with van der Waals surface area (Å²) in [6.07, 6.45) is 1.67. The van der Waals surface area contributed by atoms with Crippen LogP contribution in [-0.2, 0) is 6.61 Å². The normalized spacial score (nSPS) is 13.7. The Morgan fingerprint density at radius 1 is 1.03 bits per heavy atom. The maximum absolute atomic E-state index is 13.2. The number of ether oxygens (including phenoxy) is 2. The van der Waals surface area contributed by atoms with Crippen LogP contribution in [0.15, 0.2) is 60.8 Å². The Balaban J connectivity index is 1.40. The molecule has 3 aromatic rings. The third-order valence-corrected chi connectivity index (χ3v) is 5.35. The lowest BCUT2D eigenvalue weighted by Gasteiger charge is -2.35. The molecule has 1 aromatic heterocycles. The largest absolute Gasteiger partial charge is 0.488 e. The number of piperazine rings is 1. The molecule has 0 saturated carbocycles. The predicted molar refractivity (Wildman–Crippen MR) is 119 cm³/mol. The number of hydrogen-bond donors (Lipinski definition) is 0. The minimum Gasteiger partial charge on any atom is -0.488 e. The smallest absolute Gasteiger partial charge is 0.257 e. The molecule has 0 aliphatic carbocycles. The molecule has 1 amide bonds. The minimum atomic E-state index is -0.0436. The van der Waals surface area contributed by atoms with Gasteiger partial charge in [0, 0.05) is 43.5 Å². The summed E-state index contributed by atoms with van der Waals surface area (Å²) in [5.41, 5.74) is 1.54. The van der Waals surface area contributed by atoms with Gasteiger partial charge in [-0.15, -0.1) is 0 Å². The van der Waals surface area contributed by atoms with Gasteiger partial charge in [0.2, 0.25) is 11.8 Å². The summed E-state index contributed by atoms with van der Waals surface area (Å²) in [5, 5.41) is 0.679. The van der Waals surface area contributed by atoms with Gasteiger partial charge in [-0.3, -0.25) is 4.79 Å². The molecule has 0 bridgehead atoms. The van der Waals surface area contributed by atoms with Gasteiger partial charge in [0.05, 0.1) is 12.7 Å². The predicted octanol–water partition coefficient (Wildman–Crippen LogP) is 3.68. The summed E-state index contributed by atoms with van der Waals surface area (Å²) in [6.45, 7) is 2.80. The molecule has 0 atom stereocenters. The first-order valence-electron chi connectivity index (χ1n) is 10.0. The molecular formula is C23H23ClN4O3. The number of halogens is 1. The van der Waals surface area contributed by atoms with E-state index in [0.717, 1.165) is 5.56 Å². The van der Waals surface area contributed by atoms with Gasteiger partial charge >= 0.3 is 0 Å². The Morgan fingerprint density at radius 3 is 2.52 bits per heavy atom. The van der Waals surface area contributed by atoms with Crippen LogP contribution in [0.4, 0.5) is 5.95 Å². The topological polar surface area (TPSA) is 67.8 Å². The standard InChI is InChI=1S/C23H23ClN4O3/c1-30-21-10-11-25-23(26-21)28-14-12-27(13-15-28)22(29)19-4-2-3-5-20(19)31-16-17-6-8-18(24)9-7-17/h2-11H,12-16H2,1H3. The van der Waals surface area contributed by atoms with Gasteiger partial charge in [0.15, 0.2) is 0 Å². The summed E-state index contributed by atoms with van der Waals surface area (Å²) < 4.78 is 11.1. The average molecular weight is 439 g/mol. The summed E-state index contributed by atoms with van der Waals surface area (Å²) in [6, 6.07) is 16.5. The van der Waals surface area contributed by atoms with E-state index in [-0.39, 0.29) is 5.91 Å². The number of benzene rings is 2. The quantitative estimate of drug-likeness (QED) is 0.584. The first-order chi connectivity index (χ1) is 15.1. The van der Waals surface area contributed by atoms with E-state index in [4.69, 9.17) is 21.1 Å². The third kappa shape index (κ3) is 5.06. The average Bonchev–Trinajstić information content (AvgIpc) is 2.83. The van der Waals surface area contributed by atoms with E-state index in [0.29, 0.717) is 60.9 Å². The number of anilines is 1. The zero-order chi connectivity index (χ0) is 21.6. The van der Waals surface area contributed by atoms with E-state index in [1.54, 1.807) is 25.4 Å². The highest BCUT2D eigenvalue weighted by molar-refractivity contribution is 6.30. The van der Waals surface area contributed by atoms with Crippen molar-refractivity contribution >= 4 is 23.5 Å². The van der Waals surface area contributed by atoms with Crippen molar-refractivity contribution < 1.29 is 14.3 Å². The molecule has 0 unspecified atom stereocenters. The number of carbonyl (C=O) groups is 1. The van der Waals surface area contributed by atoms with Gasteiger partial charge in [-0.25, -0.2) is 4.98 Å². The van der Waals surface area contributed by atoms with Crippen molar-refractivity contribution in [1.82, 2.24) is 14.9 Å². The molecule has 1 aliphatic rings. The second-order valence-corrected chi connectivity index (χ2v) is 7.53. The lowest BCUT2D eigenvalue weighted by atomic mass is 10.1. The maximum Gasteiger partial charge on any atom is 0.257 e. The highest BCUT2D eigenvalue weighted by atomic mass is 35.5. The van der Waals surface area contributed by atoms with Crippen molar-refractivity contribution in [2.24, 2.45) is 0 Å². The molecule has 160 valence electrons. The number of amides is 1. The zero-order valence-corrected chi connectivity index (χ0v) is 18.0. The molecule has 8 heteroatoms. The molecule has 4 rings (SSSR count). The molecule has 2 heterocycles. The monoisotopic (exact) mass is 438 g/mol. The minimum absolute atomic E-state index is 0.0436. The number of para-hydroxylation sites is 1. The number of rotatable bonds is 6. The number of nitrogens with zero attached hydrogens (tertiary/aromatic N) is 4. The van der Waals surface area contributed by atoms with E-state index < -0.39 is 0 Å². The van der Waals surface area contributed by atoms with Gasteiger partial charge < -0.3 is 19.3 Å². The number of hydrogen-bond acceptors (Lipinski definition) is 6. The van der Waals surface area contributed by atoms with Gasteiger partial charge in [-0.05, 0) is 29.8 Å². The van der Waals surface area contributed by atoms with Gasteiger partial charge in [0.1, 0.15) is 12.4 Å². The Bertz CT molecular complexity index is 1040. The van der Waals surface area contributed by atoms with Crippen LogP contribution >= 0.6 is 11.6 Å². The second kappa shape index (κ2) is 9.66. The van der Waals surface area contributed by atoms with Crippen LogP contribution in [0.1, 0.15) is 15.9 Å². The number of methoxy groups -OCH3 is 1. The number of carbonyl (C=O) groups excluding carboxylic acids is 1. The second-order valence-electron chi connectivity index (χ2n) is 7.09. The van der Waals surface area contributed by atoms with E-state index in [1.807, 2.05) is 47.4 Å². The third-order valence-electron chi connectivity index (χ3n) is 5.10. The Morgan fingerprint density at radius 2 is 1.77 bits per heavy atom. The molecule has 2 aromatic carbocycles. The van der Waals surface area contributed by atoms with Gasteiger partial charge in [-0.1, -0.05) is 35.9 Å². The molecular weight excluding hydrogens is 416 g/mol. The number of aromatic nitrogens is 2. The van der Waals surface area contributed by atoms with E-state index in [9.17, 15) is 4.79 Å². The van der Waals surface area contributed by atoms with Gasteiger partial charge in [-0.2, -0.15) is 4.98 Å². The highest BCUT2D eigenvalue weighted by Gasteiger charge is 2.25. The molecule has 31 heavy (non-hydrogen) atoms. The van der Waals surface area contributed by atoms with E-state index in [2.05, 4.69) is 14.9 Å². The Kier molecular flexibility index (Phi) is 6.52. The molecule has 0 N–H and O–H groups in total. The summed E-state index contributed by atoms with van der Waals surface area (Å²) in [7, 11) is 1.58. The molecule has 7 nitrogen and oxygen atoms in total. The van der Waals surface area contributed by atoms with Crippen molar-refractivity contribution in [2.75, 3.05) is 38.2 Å². The van der Waals surface area contributed by atoms with Crippen LogP contribution in [-0.4, -0.2) is 54.1 Å². The molecule has 0 spiro atoms. The van der Waals surface area contributed by atoms with Crippen LogP contribution in [0.5, 0.6) is 11.6 Å². The summed E-state index contributed by atoms with van der Waals surface area (Å²) in [4.78, 5) is 25.8. The Hall–Kier alpha value is -3.32. The zero-order valence-electron chi connectivity index (χ0n) is 17.2. The Labute approximate surface area is 186 Å². The SMILES string of the molecule is COc1ccnc(N2CCN(C(=O)c3ccccc3OCc3ccc(Cl)cc3)CC2)n1.